The molecule has 2 heterocycles. The smallest absolute Gasteiger partial charge is 0.289 e. The van der Waals surface area contributed by atoms with Crippen molar-refractivity contribution in [3.63, 3.8) is 0 Å². The van der Waals surface area contributed by atoms with Crippen LogP contribution in [0.4, 0.5) is 0 Å². The van der Waals surface area contributed by atoms with Gasteiger partial charge in [-0.3, -0.25) is 14.2 Å². The van der Waals surface area contributed by atoms with E-state index in [2.05, 4.69) is 21.9 Å². The molecule has 9 nitrogen and oxygen atoms in total. The van der Waals surface area contributed by atoms with Crippen LogP contribution in [0.2, 0.25) is 0 Å². The zero-order valence-electron chi connectivity index (χ0n) is 20.2. The summed E-state index contributed by atoms with van der Waals surface area (Å²) < 4.78 is 1.55. The molecule has 1 radical (unpaired) electrons. The Hall–Kier alpha value is -3.88. The Bertz CT molecular complexity index is 1230. The van der Waals surface area contributed by atoms with Gasteiger partial charge >= 0.3 is 0 Å². The van der Waals surface area contributed by atoms with Gasteiger partial charge in [-0.1, -0.05) is 13.8 Å². The average molecular weight is 477 g/mol. The molecule has 2 aromatic carbocycles. The molecule has 9 heteroatoms. The molecule has 1 aromatic heterocycles. The quantitative estimate of drug-likeness (QED) is 0.499. The maximum atomic E-state index is 12.9. The van der Waals surface area contributed by atoms with Crippen LogP contribution in [0.1, 0.15) is 66.1 Å². The number of carbonyl (C=O) groups excluding carboxylic acids is 2. The molecule has 3 aromatic rings. The van der Waals surface area contributed by atoms with Gasteiger partial charge in [0, 0.05) is 37.0 Å². The highest BCUT2D eigenvalue weighted by Gasteiger charge is 2.25. The highest BCUT2D eigenvalue weighted by atomic mass is 16.3. The summed E-state index contributed by atoms with van der Waals surface area (Å²) in [6.07, 6.45) is 3.96. The Morgan fingerprint density at radius 3 is 2.34 bits per heavy atom. The number of aromatic nitrogens is 3. The molecule has 1 saturated heterocycles. The van der Waals surface area contributed by atoms with Crippen molar-refractivity contribution in [3.8, 4) is 28.6 Å². The predicted molar refractivity (Wildman–Crippen MR) is 132 cm³/mol. The second kappa shape index (κ2) is 10.2. The summed E-state index contributed by atoms with van der Waals surface area (Å²) in [4.78, 5) is 27.5. The van der Waals surface area contributed by atoms with Crippen LogP contribution in [-0.4, -0.2) is 61.3 Å². The van der Waals surface area contributed by atoms with Gasteiger partial charge in [0.25, 0.3) is 11.8 Å². The van der Waals surface area contributed by atoms with E-state index in [4.69, 9.17) is 0 Å². The fraction of sp³-hybridized carbons (Fsp3) is 0.346. The van der Waals surface area contributed by atoms with Gasteiger partial charge in [0.2, 0.25) is 5.82 Å². The summed E-state index contributed by atoms with van der Waals surface area (Å²) in [5.74, 6) is -0.367. The number of phenols is 2. The lowest BCUT2D eigenvalue weighted by molar-refractivity contribution is 0.0741. The van der Waals surface area contributed by atoms with Crippen LogP contribution in [-0.2, 0) is 0 Å². The average Bonchev–Trinajstić information content (AvgIpc) is 3.29. The first-order valence-electron chi connectivity index (χ1n) is 11.8. The SMILES string of the molecule is CCNC(=O)c1nnc(-c2cc(C(C)C)c(O)cc2O)n1-c1ccc(C(=O)N2CC[CH]CC2)cc1. The molecule has 1 fully saturated rings. The van der Waals surface area contributed by atoms with Crippen molar-refractivity contribution < 1.29 is 19.8 Å². The van der Waals surface area contributed by atoms with Gasteiger partial charge in [-0.25, -0.2) is 0 Å². The van der Waals surface area contributed by atoms with Gasteiger partial charge in [-0.2, -0.15) is 0 Å². The van der Waals surface area contributed by atoms with Crippen LogP contribution in [0.25, 0.3) is 17.1 Å². The normalized spacial score (nSPS) is 13.8. The number of hydrogen-bond donors (Lipinski definition) is 3. The van der Waals surface area contributed by atoms with Crippen molar-refractivity contribution in [1.29, 1.82) is 0 Å². The van der Waals surface area contributed by atoms with Crippen LogP contribution < -0.4 is 5.32 Å². The highest BCUT2D eigenvalue weighted by molar-refractivity contribution is 5.95. The van der Waals surface area contributed by atoms with Crippen LogP contribution in [0.3, 0.4) is 0 Å². The van der Waals surface area contributed by atoms with E-state index < -0.39 is 5.91 Å². The maximum Gasteiger partial charge on any atom is 0.289 e. The number of aromatic hydroxyl groups is 2. The van der Waals surface area contributed by atoms with Crippen LogP contribution >= 0.6 is 0 Å². The third-order valence-electron chi connectivity index (χ3n) is 6.08. The lowest BCUT2D eigenvalue weighted by atomic mass is 9.98. The Morgan fingerprint density at radius 1 is 1.03 bits per heavy atom. The number of hydrogen-bond acceptors (Lipinski definition) is 6. The Balaban J connectivity index is 1.79. The van der Waals surface area contributed by atoms with Gasteiger partial charge in [0.1, 0.15) is 11.5 Å². The Labute approximate surface area is 204 Å². The maximum absolute atomic E-state index is 12.9. The second-order valence-electron chi connectivity index (χ2n) is 8.83. The van der Waals surface area contributed by atoms with E-state index in [0.29, 0.717) is 42.0 Å². The summed E-state index contributed by atoms with van der Waals surface area (Å²) in [6, 6.07) is 9.84. The number of rotatable bonds is 6. The van der Waals surface area contributed by atoms with E-state index in [1.54, 1.807) is 41.8 Å². The number of piperidine rings is 1. The molecule has 0 aliphatic carbocycles. The Morgan fingerprint density at radius 2 is 1.71 bits per heavy atom. The van der Waals surface area contributed by atoms with Gasteiger partial charge in [0.05, 0.1) is 5.56 Å². The van der Waals surface area contributed by atoms with Crippen molar-refractivity contribution in [2.24, 2.45) is 0 Å². The van der Waals surface area contributed by atoms with E-state index in [0.717, 1.165) is 12.8 Å². The number of benzene rings is 2. The molecular formula is C26H30N5O4. The fourth-order valence-corrected chi connectivity index (χ4v) is 4.21. The molecule has 1 aliphatic rings. The van der Waals surface area contributed by atoms with Crippen molar-refractivity contribution in [3.05, 3.63) is 59.8 Å². The number of nitrogens with one attached hydrogen (secondary N) is 1. The van der Waals surface area contributed by atoms with Crippen LogP contribution in [0.15, 0.2) is 36.4 Å². The molecule has 2 amide bonds. The zero-order valence-corrected chi connectivity index (χ0v) is 20.2. The van der Waals surface area contributed by atoms with Crippen LogP contribution in [0.5, 0.6) is 11.5 Å². The van der Waals surface area contributed by atoms with E-state index in [1.807, 2.05) is 18.7 Å². The standard InChI is InChI=1S/C26H30N5O4/c1-4-27-25(34)24-29-28-23(20-14-19(16(2)3)21(32)15-22(20)33)31(24)18-10-8-17(9-11-18)26(35)30-12-6-5-7-13-30/h5,8-11,14-16,32-33H,4,6-7,12-13H2,1-3H3,(H,27,34). The summed E-state index contributed by atoms with van der Waals surface area (Å²) in [5, 5.41) is 32.0. The first-order valence-corrected chi connectivity index (χ1v) is 11.8. The summed E-state index contributed by atoms with van der Waals surface area (Å²) in [6.45, 7) is 7.47. The lowest BCUT2D eigenvalue weighted by Gasteiger charge is -2.26. The minimum absolute atomic E-state index is 0.00809. The number of likely N-dealkylation sites (tertiary alicyclic amines) is 1. The minimum Gasteiger partial charge on any atom is -0.508 e. The first kappa shape index (κ1) is 24.3. The van der Waals surface area contributed by atoms with Gasteiger partial charge in [0.15, 0.2) is 5.82 Å². The molecule has 1 aliphatic heterocycles. The third kappa shape index (κ3) is 4.84. The molecule has 35 heavy (non-hydrogen) atoms. The molecule has 0 spiro atoms. The van der Waals surface area contributed by atoms with E-state index in [9.17, 15) is 19.8 Å². The van der Waals surface area contributed by atoms with Crippen molar-refractivity contribution in [2.75, 3.05) is 19.6 Å². The van der Waals surface area contributed by atoms with Crippen molar-refractivity contribution in [2.45, 2.75) is 39.5 Å². The fourth-order valence-electron chi connectivity index (χ4n) is 4.21. The third-order valence-corrected chi connectivity index (χ3v) is 6.08. The monoisotopic (exact) mass is 476 g/mol. The molecule has 183 valence electrons. The van der Waals surface area contributed by atoms with Gasteiger partial charge in [-0.15, -0.1) is 10.2 Å². The first-order chi connectivity index (χ1) is 16.8. The largest absolute Gasteiger partial charge is 0.508 e. The van der Waals surface area contributed by atoms with E-state index in [-0.39, 0.29) is 35.0 Å². The van der Waals surface area contributed by atoms with Crippen molar-refractivity contribution in [1.82, 2.24) is 25.0 Å². The number of phenolic OH excluding ortho intramolecular Hbond substituents is 2. The molecule has 0 saturated carbocycles. The Kier molecular flexibility index (Phi) is 7.04. The molecule has 0 atom stereocenters. The second-order valence-corrected chi connectivity index (χ2v) is 8.83. The number of carbonyl (C=O) groups is 2. The van der Waals surface area contributed by atoms with E-state index >= 15 is 0 Å². The molecule has 4 rings (SSSR count). The molecule has 0 bridgehead atoms. The molecular weight excluding hydrogens is 446 g/mol. The van der Waals surface area contributed by atoms with Gasteiger partial charge in [-0.05, 0) is 68.0 Å². The van der Waals surface area contributed by atoms with Crippen LogP contribution in [0, 0.1) is 6.42 Å². The lowest BCUT2D eigenvalue weighted by Crippen LogP contribution is -2.35. The minimum atomic E-state index is -0.418. The summed E-state index contributed by atoms with van der Waals surface area (Å²) >= 11 is 0. The predicted octanol–water partition coefficient (Wildman–Crippen LogP) is 3.66. The topological polar surface area (TPSA) is 121 Å². The number of nitrogens with zero attached hydrogens (tertiary/aromatic N) is 4. The van der Waals surface area contributed by atoms with Gasteiger partial charge < -0.3 is 20.4 Å². The van der Waals surface area contributed by atoms with Crippen molar-refractivity contribution >= 4 is 11.8 Å². The highest BCUT2D eigenvalue weighted by Crippen LogP contribution is 2.38. The summed E-state index contributed by atoms with van der Waals surface area (Å²) in [7, 11) is 0. The molecule has 3 N–H and O–H groups in total. The zero-order chi connectivity index (χ0) is 25.1. The van der Waals surface area contributed by atoms with E-state index in [1.165, 1.54) is 6.07 Å². The molecule has 0 unspecified atom stereocenters. The summed E-state index contributed by atoms with van der Waals surface area (Å²) in [5.41, 5.74) is 2.08. The number of amides is 2.